The number of hydrogen-bond acceptors (Lipinski definition) is 6. The van der Waals surface area contributed by atoms with E-state index in [1.807, 2.05) is 13.8 Å². The molecule has 2 unspecified atom stereocenters. The van der Waals surface area contributed by atoms with Crippen LogP contribution in [0.2, 0.25) is 0 Å². The minimum absolute atomic E-state index is 0. The smallest absolute Gasteiger partial charge is 0.778 e. The van der Waals surface area contributed by atoms with Crippen LogP contribution in [0.25, 0.3) is 0 Å². The van der Waals surface area contributed by atoms with E-state index in [0.717, 1.165) is 38.5 Å². The van der Waals surface area contributed by atoms with E-state index in [0.29, 0.717) is 26.1 Å². The van der Waals surface area contributed by atoms with Gasteiger partial charge in [0.15, 0.2) is 0 Å². The van der Waals surface area contributed by atoms with Crippen molar-refractivity contribution in [2.45, 2.75) is 79.1 Å². The molecule has 155 valence electrons. The van der Waals surface area contributed by atoms with Crippen LogP contribution in [-0.4, -0.2) is 25.5 Å². The van der Waals surface area contributed by atoms with Gasteiger partial charge >= 0.3 is 16.8 Å². The Morgan fingerprint density at radius 1 is 0.640 bits per heavy atom. The van der Waals surface area contributed by atoms with Gasteiger partial charge in [-0.15, -0.1) is 0 Å². The summed E-state index contributed by atoms with van der Waals surface area (Å²) >= 11 is 0. The molecule has 0 bridgehead atoms. The van der Waals surface area contributed by atoms with Crippen LogP contribution in [0.5, 0.6) is 0 Å². The summed E-state index contributed by atoms with van der Waals surface area (Å²) in [6.07, 6.45) is 7.51. The molecule has 0 rings (SSSR count). The summed E-state index contributed by atoms with van der Waals surface area (Å²) in [5.41, 5.74) is 0. The Labute approximate surface area is 164 Å². The van der Waals surface area contributed by atoms with Gasteiger partial charge < -0.3 is 28.0 Å². The van der Waals surface area contributed by atoms with E-state index in [-0.39, 0.29) is 29.1 Å². The molecule has 0 heterocycles. The van der Waals surface area contributed by atoms with Gasteiger partial charge in [0, 0.05) is 12.3 Å². The van der Waals surface area contributed by atoms with Crippen molar-refractivity contribution < 1.29 is 44.7 Å². The number of rotatable bonds is 14. The molecular formula is C16H36CoO6P2. The van der Waals surface area contributed by atoms with Gasteiger partial charge in [-0.3, -0.25) is 0 Å². The normalized spacial score (nSPS) is 15.3. The Balaban J connectivity index is -0.000000372. The van der Waals surface area contributed by atoms with Crippen molar-refractivity contribution >= 4 is 15.2 Å². The quantitative estimate of drug-likeness (QED) is 0.292. The summed E-state index contributed by atoms with van der Waals surface area (Å²) in [6, 6.07) is 0. The van der Waals surface area contributed by atoms with Crippen LogP contribution >= 0.6 is 15.2 Å². The van der Waals surface area contributed by atoms with Gasteiger partial charge in [-0.05, 0) is 25.7 Å². The Morgan fingerprint density at radius 3 is 1.20 bits per heavy atom. The van der Waals surface area contributed by atoms with Gasteiger partial charge in [-0.2, -0.15) is 0 Å². The third-order valence-corrected chi connectivity index (χ3v) is 6.21. The van der Waals surface area contributed by atoms with Crippen LogP contribution in [0, 0.1) is 0 Å². The Hall–Kier alpha value is 0.806. The van der Waals surface area contributed by atoms with Crippen LogP contribution in [0.1, 0.15) is 79.1 Å². The zero-order chi connectivity index (χ0) is 18.9. The maximum absolute atomic E-state index is 11.0. The fourth-order valence-corrected chi connectivity index (χ4v) is 3.96. The van der Waals surface area contributed by atoms with E-state index in [1.165, 1.54) is 0 Å². The summed E-state index contributed by atoms with van der Waals surface area (Å²) in [7, 11) is -6.97. The molecule has 6 nitrogen and oxygen atoms in total. The Kier molecular flexibility index (Phi) is 23.9. The van der Waals surface area contributed by atoms with Gasteiger partial charge in [0.25, 0.3) is 0 Å². The molecule has 0 saturated carbocycles. The molecule has 0 aromatic carbocycles. The first-order valence-corrected chi connectivity index (χ1v) is 12.6. The first kappa shape index (κ1) is 30.5. The number of unbranched alkanes of at least 4 members (excludes halogenated alkanes) is 4. The van der Waals surface area contributed by atoms with Crippen LogP contribution < -0.4 is 9.79 Å². The minimum atomic E-state index is -3.48. The van der Waals surface area contributed by atoms with Crippen molar-refractivity contribution in [3.63, 3.8) is 0 Å². The molecule has 0 N–H and O–H groups in total. The van der Waals surface area contributed by atoms with Gasteiger partial charge in [-0.25, -0.2) is 0 Å². The second-order valence-corrected chi connectivity index (χ2v) is 9.60. The van der Waals surface area contributed by atoms with Crippen molar-refractivity contribution in [2.75, 3.05) is 25.5 Å². The van der Waals surface area contributed by atoms with E-state index < -0.39 is 15.2 Å². The molecule has 0 aliphatic rings. The zero-order valence-electron chi connectivity index (χ0n) is 16.2. The van der Waals surface area contributed by atoms with Gasteiger partial charge in [0.05, 0.1) is 13.2 Å². The summed E-state index contributed by atoms with van der Waals surface area (Å²) < 4.78 is 31.5. The summed E-state index contributed by atoms with van der Waals surface area (Å²) in [6.45, 7) is 8.52. The molecule has 25 heavy (non-hydrogen) atoms. The molecule has 9 heteroatoms. The fraction of sp³-hybridized carbons (Fsp3) is 1.00. The maximum atomic E-state index is 11.0. The summed E-state index contributed by atoms with van der Waals surface area (Å²) in [5, 5.41) is 0. The van der Waals surface area contributed by atoms with Crippen molar-refractivity contribution in [2.24, 2.45) is 0 Å². The first-order valence-electron chi connectivity index (χ1n) is 9.13. The third kappa shape index (κ3) is 24.8. The predicted molar refractivity (Wildman–Crippen MR) is 96.5 cm³/mol. The molecule has 0 saturated heterocycles. The standard InChI is InChI=1S/2C8H19O3P.Co/c2*1-3-5-6-7-11-12(9,10)8-4-2;/h2*3-8H2,1-2H3,(H,9,10);/q;;+2/p-2. The van der Waals surface area contributed by atoms with Crippen molar-refractivity contribution in [3.05, 3.63) is 0 Å². The van der Waals surface area contributed by atoms with Crippen molar-refractivity contribution in [3.8, 4) is 0 Å². The summed E-state index contributed by atoms with van der Waals surface area (Å²) in [4.78, 5) is 22.0. The van der Waals surface area contributed by atoms with E-state index in [2.05, 4.69) is 13.8 Å². The molecule has 0 spiro atoms. The summed E-state index contributed by atoms with van der Waals surface area (Å²) in [5.74, 6) is 0. The fourth-order valence-electron chi connectivity index (χ4n) is 1.79. The Bertz CT molecular complexity index is 335. The molecule has 0 fully saturated rings. The second kappa shape index (κ2) is 19.6. The van der Waals surface area contributed by atoms with Crippen molar-refractivity contribution in [1.29, 1.82) is 0 Å². The second-order valence-electron chi connectivity index (χ2n) is 5.75. The maximum Gasteiger partial charge on any atom is 2.00 e. The molecule has 0 aliphatic heterocycles. The van der Waals surface area contributed by atoms with Crippen LogP contribution in [0.3, 0.4) is 0 Å². The molecule has 0 aromatic heterocycles. The minimum Gasteiger partial charge on any atom is -0.778 e. The average Bonchev–Trinajstić information content (AvgIpc) is 2.49. The van der Waals surface area contributed by atoms with Gasteiger partial charge in [0.1, 0.15) is 15.2 Å². The van der Waals surface area contributed by atoms with E-state index in [9.17, 15) is 18.9 Å². The molecule has 2 atom stereocenters. The third-order valence-electron chi connectivity index (χ3n) is 3.07. The number of hydrogen-bond donors (Lipinski definition) is 0. The SMILES string of the molecule is CCCCCOP(=O)([O-])CCC.CCCCCOP(=O)([O-])CCC.[Co+2]. The molecule has 0 amide bonds. The molecule has 0 aromatic rings. The molecular weight excluding hydrogens is 409 g/mol. The zero-order valence-corrected chi connectivity index (χ0v) is 19.0. The monoisotopic (exact) mass is 445 g/mol. The average molecular weight is 445 g/mol. The Morgan fingerprint density at radius 2 is 0.960 bits per heavy atom. The molecule has 0 aliphatic carbocycles. The van der Waals surface area contributed by atoms with Gasteiger partial charge in [-0.1, -0.05) is 53.4 Å². The van der Waals surface area contributed by atoms with E-state index >= 15 is 0 Å². The predicted octanol–water partition coefficient (Wildman–Crippen LogP) is 4.31. The first-order chi connectivity index (χ1) is 11.2. The molecule has 1 radical (unpaired) electrons. The van der Waals surface area contributed by atoms with E-state index in [1.54, 1.807) is 0 Å². The van der Waals surface area contributed by atoms with Crippen LogP contribution in [0.4, 0.5) is 0 Å². The van der Waals surface area contributed by atoms with Gasteiger partial charge in [0.2, 0.25) is 0 Å². The largest absolute Gasteiger partial charge is 2.00 e. The van der Waals surface area contributed by atoms with Crippen molar-refractivity contribution in [1.82, 2.24) is 0 Å². The van der Waals surface area contributed by atoms with Crippen LogP contribution in [-0.2, 0) is 35.0 Å². The van der Waals surface area contributed by atoms with E-state index in [4.69, 9.17) is 9.05 Å². The topological polar surface area (TPSA) is 98.7 Å². The van der Waals surface area contributed by atoms with Crippen LogP contribution in [0.15, 0.2) is 0 Å².